The number of aromatic nitrogens is 1. The average Bonchev–Trinajstić information content (AvgIpc) is 3.08. The van der Waals surface area contributed by atoms with E-state index in [4.69, 9.17) is 20.8 Å². The number of allylic oxidation sites excluding steroid dienone is 2. The number of nitrogens with zero attached hydrogens (tertiary/aromatic N) is 1. The Kier molecular flexibility index (Phi) is 7.27. The van der Waals surface area contributed by atoms with Crippen LogP contribution in [-0.2, 0) is 20.7 Å². The van der Waals surface area contributed by atoms with E-state index < -0.39 is 12.1 Å². The molecule has 0 fully saturated rings. The molecule has 3 rings (SSSR count). The number of halogens is 4. The van der Waals surface area contributed by atoms with Gasteiger partial charge in [0.2, 0.25) is 11.1 Å². The predicted molar refractivity (Wildman–Crippen MR) is 105 cm³/mol. The first kappa shape index (κ1) is 22.7. The van der Waals surface area contributed by atoms with Crippen molar-refractivity contribution in [1.82, 2.24) is 4.98 Å². The molecular formula is C21H19ClF3NO5. The van der Waals surface area contributed by atoms with Gasteiger partial charge in [0.05, 0.1) is 25.7 Å². The van der Waals surface area contributed by atoms with Crippen molar-refractivity contribution in [2.24, 2.45) is 0 Å². The molecule has 1 aliphatic rings. The molecule has 0 unspecified atom stereocenters. The number of ether oxygens (including phenoxy) is 3. The summed E-state index contributed by atoms with van der Waals surface area (Å²) in [6, 6.07) is 5.50. The number of oxazole rings is 1. The number of benzene rings is 1. The summed E-state index contributed by atoms with van der Waals surface area (Å²) in [5.74, 6) is -0.221. The summed E-state index contributed by atoms with van der Waals surface area (Å²) >= 11 is 6.07. The van der Waals surface area contributed by atoms with Crippen LogP contribution in [-0.4, -0.2) is 31.0 Å². The SMILES string of the molecule is COC(=O)CC1=CC(OCCc2nc(-c3ccccc3OC(F)(F)F)oc2Cl)=CCC1. The number of methoxy groups -OCH3 is 1. The molecule has 0 saturated carbocycles. The average molecular weight is 458 g/mol. The number of hydrogen-bond acceptors (Lipinski definition) is 6. The molecule has 0 spiro atoms. The van der Waals surface area contributed by atoms with E-state index in [-0.39, 0.29) is 42.1 Å². The molecule has 0 radical (unpaired) electrons. The molecule has 10 heteroatoms. The smallest absolute Gasteiger partial charge is 0.494 e. The Labute approximate surface area is 181 Å². The van der Waals surface area contributed by atoms with E-state index in [0.717, 1.165) is 24.5 Å². The number of esters is 1. The van der Waals surface area contributed by atoms with E-state index >= 15 is 0 Å². The third-order valence-electron chi connectivity index (χ3n) is 4.36. The highest BCUT2D eigenvalue weighted by atomic mass is 35.5. The van der Waals surface area contributed by atoms with Crippen molar-refractivity contribution >= 4 is 17.6 Å². The fourth-order valence-electron chi connectivity index (χ4n) is 2.95. The standard InChI is InChI=1S/C21H19ClF3NO5/c1-28-18(27)12-13-5-4-6-14(11-13)29-10-9-16-19(22)30-20(26-16)15-7-2-3-8-17(15)31-21(23,24)25/h2-3,6-8,11H,4-5,9-10,12H2,1H3. The Morgan fingerprint density at radius 2 is 2.06 bits per heavy atom. The predicted octanol–water partition coefficient (Wildman–Crippen LogP) is 5.62. The molecule has 1 aliphatic carbocycles. The summed E-state index contributed by atoms with van der Waals surface area (Å²) in [6.45, 7) is 0.209. The summed E-state index contributed by atoms with van der Waals surface area (Å²) in [5.41, 5.74) is 1.28. The van der Waals surface area contributed by atoms with E-state index in [9.17, 15) is 18.0 Å². The van der Waals surface area contributed by atoms with E-state index in [1.165, 1.54) is 25.3 Å². The number of carbonyl (C=O) groups is 1. The van der Waals surface area contributed by atoms with Gasteiger partial charge in [0.25, 0.3) is 0 Å². The molecule has 2 aromatic rings. The Hall–Kier alpha value is -2.94. The fourth-order valence-corrected chi connectivity index (χ4v) is 3.16. The summed E-state index contributed by atoms with van der Waals surface area (Å²) in [5, 5.41) is -0.0417. The molecule has 0 amide bonds. The summed E-state index contributed by atoms with van der Waals surface area (Å²) in [6.07, 6.45) is 0.805. The summed E-state index contributed by atoms with van der Waals surface area (Å²) in [7, 11) is 1.34. The van der Waals surface area contributed by atoms with Crippen molar-refractivity contribution in [1.29, 1.82) is 0 Å². The number of rotatable bonds is 8. The molecule has 166 valence electrons. The molecule has 0 aliphatic heterocycles. The molecule has 1 aromatic carbocycles. The van der Waals surface area contributed by atoms with Gasteiger partial charge < -0.3 is 18.6 Å². The largest absolute Gasteiger partial charge is 0.573 e. The first-order valence-corrected chi connectivity index (χ1v) is 9.72. The van der Waals surface area contributed by atoms with Crippen LogP contribution in [0.3, 0.4) is 0 Å². The van der Waals surface area contributed by atoms with Gasteiger partial charge in [-0.1, -0.05) is 17.7 Å². The summed E-state index contributed by atoms with van der Waals surface area (Å²) in [4.78, 5) is 15.6. The van der Waals surface area contributed by atoms with Crippen molar-refractivity contribution < 1.29 is 36.6 Å². The topological polar surface area (TPSA) is 70.8 Å². The first-order valence-electron chi connectivity index (χ1n) is 9.34. The van der Waals surface area contributed by atoms with Gasteiger partial charge in [0.15, 0.2) is 0 Å². The van der Waals surface area contributed by atoms with Gasteiger partial charge in [-0.3, -0.25) is 4.79 Å². The van der Waals surface area contributed by atoms with Gasteiger partial charge in [-0.05, 0) is 48.7 Å². The van der Waals surface area contributed by atoms with Crippen molar-refractivity contribution in [2.45, 2.75) is 32.0 Å². The molecule has 0 bridgehead atoms. The van der Waals surface area contributed by atoms with Gasteiger partial charge in [-0.2, -0.15) is 0 Å². The number of para-hydroxylation sites is 1. The second-order valence-corrected chi connectivity index (χ2v) is 6.93. The zero-order valence-corrected chi connectivity index (χ0v) is 17.3. The van der Waals surface area contributed by atoms with E-state index in [2.05, 4.69) is 14.5 Å². The number of alkyl halides is 3. The lowest BCUT2D eigenvalue weighted by atomic mass is 10.0. The van der Waals surface area contributed by atoms with Crippen LogP contribution in [0.15, 0.2) is 52.2 Å². The fraction of sp³-hybridized carbons (Fsp3) is 0.333. The van der Waals surface area contributed by atoms with Crippen LogP contribution in [0.2, 0.25) is 5.22 Å². The van der Waals surface area contributed by atoms with Crippen LogP contribution >= 0.6 is 11.6 Å². The Bertz CT molecular complexity index is 997. The van der Waals surface area contributed by atoms with Gasteiger partial charge in [0.1, 0.15) is 17.2 Å². The maximum Gasteiger partial charge on any atom is 0.573 e. The lowest BCUT2D eigenvalue weighted by Crippen LogP contribution is -2.17. The quantitative estimate of drug-likeness (QED) is 0.479. The van der Waals surface area contributed by atoms with E-state index in [0.29, 0.717) is 11.5 Å². The van der Waals surface area contributed by atoms with Crippen LogP contribution in [0.1, 0.15) is 25.0 Å². The number of carbonyl (C=O) groups excluding carboxylic acids is 1. The highest BCUT2D eigenvalue weighted by Crippen LogP contribution is 2.35. The van der Waals surface area contributed by atoms with Gasteiger partial charge in [-0.15, -0.1) is 13.2 Å². The lowest BCUT2D eigenvalue weighted by molar-refractivity contribution is -0.274. The van der Waals surface area contributed by atoms with Gasteiger partial charge in [-0.25, -0.2) is 4.98 Å². The molecule has 0 N–H and O–H groups in total. The second kappa shape index (κ2) is 9.91. The highest BCUT2D eigenvalue weighted by Gasteiger charge is 2.33. The first-order chi connectivity index (χ1) is 14.7. The maximum absolute atomic E-state index is 12.6. The monoisotopic (exact) mass is 457 g/mol. The zero-order valence-electron chi connectivity index (χ0n) is 16.5. The van der Waals surface area contributed by atoms with Gasteiger partial charge in [0, 0.05) is 6.42 Å². The minimum atomic E-state index is -4.85. The maximum atomic E-state index is 12.6. The second-order valence-electron chi connectivity index (χ2n) is 6.58. The van der Waals surface area contributed by atoms with Crippen LogP contribution in [0.5, 0.6) is 5.75 Å². The highest BCUT2D eigenvalue weighted by molar-refractivity contribution is 6.29. The van der Waals surface area contributed by atoms with Crippen molar-refractivity contribution in [3.63, 3.8) is 0 Å². The molecular weight excluding hydrogens is 439 g/mol. The van der Waals surface area contributed by atoms with Crippen LogP contribution in [0, 0.1) is 0 Å². The molecule has 1 aromatic heterocycles. The Balaban J connectivity index is 1.64. The van der Waals surface area contributed by atoms with Crippen LogP contribution in [0.4, 0.5) is 13.2 Å². The lowest BCUT2D eigenvalue weighted by Gasteiger charge is -2.14. The van der Waals surface area contributed by atoms with E-state index in [1.807, 2.05) is 6.08 Å². The molecule has 0 saturated heterocycles. The van der Waals surface area contributed by atoms with Gasteiger partial charge >= 0.3 is 12.3 Å². The van der Waals surface area contributed by atoms with Crippen molar-refractivity contribution in [2.75, 3.05) is 13.7 Å². The molecule has 0 atom stereocenters. The van der Waals surface area contributed by atoms with Crippen LogP contribution in [0.25, 0.3) is 11.5 Å². The zero-order chi connectivity index (χ0) is 22.4. The van der Waals surface area contributed by atoms with Crippen molar-refractivity contribution in [3.8, 4) is 17.2 Å². The third kappa shape index (κ3) is 6.52. The molecule has 1 heterocycles. The Morgan fingerprint density at radius 3 is 2.81 bits per heavy atom. The third-order valence-corrected chi connectivity index (χ3v) is 4.65. The molecule has 31 heavy (non-hydrogen) atoms. The number of hydrogen-bond donors (Lipinski definition) is 0. The minimum absolute atomic E-state index is 0.0271. The minimum Gasteiger partial charge on any atom is -0.494 e. The van der Waals surface area contributed by atoms with Crippen molar-refractivity contribution in [3.05, 3.63) is 58.7 Å². The molecule has 6 nitrogen and oxygen atoms in total. The summed E-state index contributed by atoms with van der Waals surface area (Å²) < 4.78 is 57.6. The van der Waals surface area contributed by atoms with E-state index in [1.54, 1.807) is 6.08 Å². The Morgan fingerprint density at radius 1 is 1.29 bits per heavy atom. The van der Waals surface area contributed by atoms with Crippen LogP contribution < -0.4 is 4.74 Å². The normalized spacial score (nSPS) is 14.0.